The zero-order valence-corrected chi connectivity index (χ0v) is 14.3. The fraction of sp³-hybridized carbons (Fsp3) is 0.316. The number of hydrogen-bond acceptors (Lipinski definition) is 5. The van der Waals surface area contributed by atoms with E-state index in [1.807, 2.05) is 0 Å². The van der Waals surface area contributed by atoms with Crippen molar-refractivity contribution in [1.82, 2.24) is 15.5 Å². The van der Waals surface area contributed by atoms with Crippen molar-refractivity contribution in [3.63, 3.8) is 0 Å². The minimum absolute atomic E-state index is 0.0311. The molecule has 0 spiro atoms. The number of pyridine rings is 1. The maximum absolute atomic E-state index is 13.2. The molecule has 2 aromatic heterocycles. The van der Waals surface area contributed by atoms with E-state index in [4.69, 9.17) is 10.3 Å². The lowest BCUT2D eigenvalue weighted by Gasteiger charge is -2.12. The molecule has 7 heteroatoms. The molecular formula is C19H19FN4O2. The lowest BCUT2D eigenvalue weighted by atomic mass is 10.0. The third-order valence-electron chi connectivity index (χ3n) is 4.73. The monoisotopic (exact) mass is 354 g/mol. The summed E-state index contributed by atoms with van der Waals surface area (Å²) in [5, 5.41) is 7.39. The summed E-state index contributed by atoms with van der Waals surface area (Å²) in [5.74, 6) is -0.0830. The standard InChI is InChI=1S/C19H19FN4O2/c1-10-17-14(18(25)22-9-15(21)11-2-3-11)8-16(23-19(17)26-24-10)12-4-6-13(20)7-5-12/h4-8,11,15H,2-3,9,21H2,1H3,(H,22,25). The topological polar surface area (TPSA) is 94.0 Å². The maximum atomic E-state index is 13.2. The molecular weight excluding hydrogens is 335 g/mol. The molecule has 1 atom stereocenters. The third kappa shape index (κ3) is 3.17. The van der Waals surface area contributed by atoms with Crippen LogP contribution in [0.1, 0.15) is 28.9 Å². The van der Waals surface area contributed by atoms with Crippen LogP contribution in [0.15, 0.2) is 34.9 Å². The number of nitrogens with zero attached hydrogens (tertiary/aromatic N) is 2. The summed E-state index contributed by atoms with van der Waals surface area (Å²) in [6.45, 7) is 2.18. The summed E-state index contributed by atoms with van der Waals surface area (Å²) < 4.78 is 18.4. The van der Waals surface area contributed by atoms with E-state index in [-0.39, 0.29) is 23.5 Å². The lowest BCUT2D eigenvalue weighted by molar-refractivity contribution is 0.0952. The van der Waals surface area contributed by atoms with Crippen LogP contribution in [0.4, 0.5) is 4.39 Å². The Morgan fingerprint density at radius 1 is 1.38 bits per heavy atom. The predicted molar refractivity (Wildman–Crippen MR) is 95.0 cm³/mol. The van der Waals surface area contributed by atoms with Crippen molar-refractivity contribution in [1.29, 1.82) is 0 Å². The van der Waals surface area contributed by atoms with Gasteiger partial charge in [-0.15, -0.1) is 0 Å². The van der Waals surface area contributed by atoms with Crippen molar-refractivity contribution in [2.75, 3.05) is 6.54 Å². The minimum atomic E-state index is -0.336. The zero-order chi connectivity index (χ0) is 18.3. The molecule has 4 rings (SSSR count). The van der Waals surface area contributed by atoms with Gasteiger partial charge in [0, 0.05) is 18.2 Å². The van der Waals surface area contributed by atoms with E-state index in [0.717, 1.165) is 12.8 Å². The van der Waals surface area contributed by atoms with Crippen LogP contribution in [0.25, 0.3) is 22.4 Å². The Hall–Kier alpha value is -2.80. The summed E-state index contributed by atoms with van der Waals surface area (Å²) in [6.07, 6.45) is 2.24. The summed E-state index contributed by atoms with van der Waals surface area (Å²) >= 11 is 0. The molecule has 1 saturated carbocycles. The highest BCUT2D eigenvalue weighted by Crippen LogP contribution is 2.31. The van der Waals surface area contributed by atoms with Crippen LogP contribution in [-0.2, 0) is 0 Å². The first-order chi connectivity index (χ1) is 12.5. The van der Waals surface area contributed by atoms with Gasteiger partial charge in [0.05, 0.1) is 22.3 Å². The summed E-state index contributed by atoms with van der Waals surface area (Å²) in [7, 11) is 0. The SMILES string of the molecule is Cc1noc2nc(-c3ccc(F)cc3)cc(C(=O)NCC(N)C3CC3)c12. The number of carbonyl (C=O) groups is 1. The molecule has 3 aromatic rings. The van der Waals surface area contributed by atoms with Gasteiger partial charge in [0.1, 0.15) is 5.82 Å². The van der Waals surface area contributed by atoms with Gasteiger partial charge < -0.3 is 15.6 Å². The van der Waals surface area contributed by atoms with Crippen molar-refractivity contribution in [2.45, 2.75) is 25.8 Å². The second-order valence-corrected chi connectivity index (χ2v) is 6.72. The molecule has 0 saturated heterocycles. The van der Waals surface area contributed by atoms with Crippen molar-refractivity contribution >= 4 is 17.0 Å². The largest absolute Gasteiger partial charge is 0.350 e. The van der Waals surface area contributed by atoms with E-state index >= 15 is 0 Å². The number of nitrogens with two attached hydrogens (primary N) is 1. The predicted octanol–water partition coefficient (Wildman–Crippen LogP) is 2.80. The molecule has 1 aromatic carbocycles. The first-order valence-electron chi connectivity index (χ1n) is 8.59. The van der Waals surface area contributed by atoms with E-state index in [0.29, 0.717) is 40.4 Å². The van der Waals surface area contributed by atoms with E-state index in [1.165, 1.54) is 12.1 Å². The smallest absolute Gasteiger partial charge is 0.259 e. The summed E-state index contributed by atoms with van der Waals surface area (Å²) in [4.78, 5) is 17.2. The molecule has 1 amide bonds. The molecule has 0 aliphatic heterocycles. The number of carbonyl (C=O) groups excluding carboxylic acids is 1. The van der Waals surface area contributed by atoms with E-state index < -0.39 is 0 Å². The van der Waals surface area contributed by atoms with Crippen LogP contribution in [0.3, 0.4) is 0 Å². The molecule has 26 heavy (non-hydrogen) atoms. The molecule has 0 radical (unpaired) electrons. The van der Waals surface area contributed by atoms with Crippen LogP contribution in [0.5, 0.6) is 0 Å². The molecule has 3 N–H and O–H groups in total. The van der Waals surface area contributed by atoms with E-state index in [2.05, 4.69) is 15.5 Å². The number of aromatic nitrogens is 2. The first kappa shape index (κ1) is 16.7. The number of benzene rings is 1. The fourth-order valence-electron chi connectivity index (χ4n) is 3.04. The Morgan fingerprint density at radius 2 is 2.12 bits per heavy atom. The molecule has 1 fully saturated rings. The number of hydrogen-bond donors (Lipinski definition) is 2. The molecule has 1 unspecified atom stereocenters. The Morgan fingerprint density at radius 3 is 2.81 bits per heavy atom. The average molecular weight is 354 g/mol. The van der Waals surface area contributed by atoms with Crippen LogP contribution in [0.2, 0.25) is 0 Å². The highest BCUT2D eigenvalue weighted by molar-refractivity contribution is 6.07. The van der Waals surface area contributed by atoms with Gasteiger partial charge in [-0.25, -0.2) is 9.37 Å². The number of rotatable bonds is 5. The number of nitrogens with one attached hydrogen (secondary N) is 1. The Balaban J connectivity index is 1.70. The summed E-state index contributed by atoms with van der Waals surface area (Å²) in [5.41, 5.74) is 8.57. The number of amides is 1. The van der Waals surface area contributed by atoms with Gasteiger partial charge >= 0.3 is 0 Å². The van der Waals surface area contributed by atoms with Gasteiger partial charge in [-0.1, -0.05) is 5.16 Å². The summed E-state index contributed by atoms with van der Waals surface area (Å²) in [6, 6.07) is 7.56. The normalized spacial score (nSPS) is 15.2. The van der Waals surface area contributed by atoms with Gasteiger partial charge in [-0.05, 0) is 56.0 Å². The van der Waals surface area contributed by atoms with Gasteiger partial charge in [0.15, 0.2) is 0 Å². The second-order valence-electron chi connectivity index (χ2n) is 6.72. The molecule has 6 nitrogen and oxygen atoms in total. The lowest BCUT2D eigenvalue weighted by Crippen LogP contribution is -2.38. The van der Waals surface area contributed by atoms with Crippen LogP contribution in [-0.4, -0.2) is 28.6 Å². The van der Waals surface area contributed by atoms with Gasteiger partial charge in [-0.2, -0.15) is 0 Å². The van der Waals surface area contributed by atoms with Crippen molar-refractivity contribution < 1.29 is 13.7 Å². The molecule has 1 aliphatic carbocycles. The molecule has 2 heterocycles. The molecule has 0 bridgehead atoms. The minimum Gasteiger partial charge on any atom is -0.350 e. The van der Waals surface area contributed by atoms with Crippen molar-refractivity contribution in [3.8, 4) is 11.3 Å². The highest BCUT2D eigenvalue weighted by atomic mass is 19.1. The zero-order valence-electron chi connectivity index (χ0n) is 14.3. The highest BCUT2D eigenvalue weighted by Gasteiger charge is 2.29. The quantitative estimate of drug-likeness (QED) is 0.735. The van der Waals surface area contributed by atoms with E-state index in [1.54, 1.807) is 25.1 Å². The van der Waals surface area contributed by atoms with Gasteiger partial charge in [0.25, 0.3) is 11.6 Å². The number of aryl methyl sites for hydroxylation is 1. The fourth-order valence-corrected chi connectivity index (χ4v) is 3.04. The van der Waals surface area contributed by atoms with Gasteiger partial charge in [-0.3, -0.25) is 4.79 Å². The van der Waals surface area contributed by atoms with Crippen molar-refractivity contribution in [2.24, 2.45) is 11.7 Å². The Kier molecular flexibility index (Phi) is 4.16. The van der Waals surface area contributed by atoms with Crippen LogP contribution < -0.4 is 11.1 Å². The average Bonchev–Trinajstić information content (AvgIpc) is 3.43. The van der Waals surface area contributed by atoms with Crippen molar-refractivity contribution in [3.05, 3.63) is 47.4 Å². The number of halogens is 1. The van der Waals surface area contributed by atoms with Crippen LogP contribution in [0, 0.1) is 18.7 Å². The molecule has 134 valence electrons. The number of fused-ring (bicyclic) bond motifs is 1. The Bertz CT molecular complexity index is 964. The third-order valence-corrected chi connectivity index (χ3v) is 4.73. The van der Waals surface area contributed by atoms with Gasteiger partial charge in [0.2, 0.25) is 0 Å². The Labute approximate surface area is 149 Å². The first-order valence-corrected chi connectivity index (χ1v) is 8.59. The second kappa shape index (κ2) is 6.49. The van der Waals surface area contributed by atoms with E-state index in [9.17, 15) is 9.18 Å². The molecule has 1 aliphatic rings. The van der Waals surface area contributed by atoms with Crippen LogP contribution >= 0.6 is 0 Å². The maximum Gasteiger partial charge on any atom is 0.259 e.